The summed E-state index contributed by atoms with van der Waals surface area (Å²) >= 11 is 12.7. The minimum Gasteiger partial charge on any atom is -0.487 e. The zero-order valence-corrected chi connectivity index (χ0v) is 16.9. The van der Waals surface area contributed by atoms with Crippen molar-refractivity contribution in [3.8, 4) is 17.7 Å². The van der Waals surface area contributed by atoms with Gasteiger partial charge in [0.1, 0.15) is 24.0 Å². The van der Waals surface area contributed by atoms with Crippen molar-refractivity contribution >= 4 is 23.2 Å². The molecule has 2 heterocycles. The van der Waals surface area contributed by atoms with Crippen LogP contribution >= 0.6 is 23.2 Å². The predicted molar refractivity (Wildman–Crippen MR) is 110 cm³/mol. The number of hydrogen-bond acceptors (Lipinski definition) is 5. The number of benzene rings is 2. The Labute approximate surface area is 177 Å². The summed E-state index contributed by atoms with van der Waals surface area (Å²) in [4.78, 5) is 0. The lowest BCUT2D eigenvalue weighted by Crippen LogP contribution is -2.21. The molecule has 0 saturated heterocycles. The summed E-state index contributed by atoms with van der Waals surface area (Å²) in [7, 11) is 0. The molecule has 0 fully saturated rings. The number of allylic oxidation sites excluding steroid dienone is 1. The zero-order valence-electron chi connectivity index (χ0n) is 15.4. The second kappa shape index (κ2) is 7.70. The van der Waals surface area contributed by atoms with E-state index in [0.29, 0.717) is 27.2 Å². The molecule has 4 rings (SSSR count). The van der Waals surface area contributed by atoms with E-state index in [0.717, 1.165) is 22.4 Å². The molecule has 0 radical (unpaired) electrons. The van der Waals surface area contributed by atoms with Gasteiger partial charge in [-0.15, -0.1) is 5.10 Å². The number of aromatic nitrogens is 2. The van der Waals surface area contributed by atoms with Crippen LogP contribution < -0.4 is 15.2 Å². The van der Waals surface area contributed by atoms with Gasteiger partial charge in [-0.1, -0.05) is 47.5 Å². The molecule has 0 spiro atoms. The van der Waals surface area contributed by atoms with Crippen LogP contribution in [0, 0.1) is 18.3 Å². The fourth-order valence-corrected chi connectivity index (χ4v) is 3.75. The Morgan fingerprint density at radius 3 is 2.76 bits per heavy atom. The topological polar surface area (TPSA) is 97.0 Å². The van der Waals surface area contributed by atoms with E-state index in [9.17, 15) is 5.26 Å². The van der Waals surface area contributed by atoms with Gasteiger partial charge in [0.05, 0.1) is 10.9 Å². The number of aryl methyl sites for hydroxylation is 1. The number of aromatic amines is 1. The first-order valence-electron chi connectivity index (χ1n) is 8.77. The Bertz CT molecular complexity index is 1160. The molecule has 0 saturated carbocycles. The van der Waals surface area contributed by atoms with Gasteiger partial charge in [-0.2, -0.15) is 5.26 Å². The smallest absolute Gasteiger partial charge is 0.244 e. The quantitative estimate of drug-likeness (QED) is 0.622. The van der Waals surface area contributed by atoms with Crippen LogP contribution in [0.25, 0.3) is 0 Å². The lowest BCUT2D eigenvalue weighted by Gasteiger charge is -2.24. The van der Waals surface area contributed by atoms with Crippen molar-refractivity contribution in [2.45, 2.75) is 19.4 Å². The van der Waals surface area contributed by atoms with E-state index in [1.807, 2.05) is 31.2 Å². The summed E-state index contributed by atoms with van der Waals surface area (Å²) in [6.45, 7) is 2.15. The third-order valence-corrected chi connectivity index (χ3v) is 5.42. The molecule has 0 unspecified atom stereocenters. The molecule has 1 aliphatic heterocycles. The van der Waals surface area contributed by atoms with Crippen LogP contribution in [0.5, 0.6) is 11.6 Å². The van der Waals surface area contributed by atoms with Gasteiger partial charge < -0.3 is 15.2 Å². The Kier molecular flexibility index (Phi) is 5.10. The van der Waals surface area contributed by atoms with Gasteiger partial charge in [-0.25, -0.2) is 0 Å². The maximum Gasteiger partial charge on any atom is 0.244 e. The lowest BCUT2D eigenvalue weighted by molar-refractivity contribution is 0.306. The fourth-order valence-electron chi connectivity index (χ4n) is 3.32. The number of rotatable bonds is 4. The summed E-state index contributed by atoms with van der Waals surface area (Å²) in [5, 5.41) is 17.7. The van der Waals surface area contributed by atoms with Crippen LogP contribution in [-0.4, -0.2) is 10.2 Å². The van der Waals surface area contributed by atoms with Gasteiger partial charge in [0.2, 0.25) is 11.8 Å². The molecule has 29 heavy (non-hydrogen) atoms. The Morgan fingerprint density at radius 2 is 2.03 bits per heavy atom. The number of fused-ring (bicyclic) bond motifs is 1. The number of hydrogen-bond donors (Lipinski definition) is 2. The molecule has 1 aliphatic rings. The molecule has 146 valence electrons. The summed E-state index contributed by atoms with van der Waals surface area (Å²) in [5.41, 5.74) is 9.45. The van der Waals surface area contributed by atoms with Gasteiger partial charge in [-0.05, 0) is 30.7 Å². The summed E-state index contributed by atoms with van der Waals surface area (Å²) in [6, 6.07) is 15.0. The normalized spacial score (nSPS) is 15.4. The van der Waals surface area contributed by atoms with E-state index < -0.39 is 5.92 Å². The van der Waals surface area contributed by atoms with Crippen LogP contribution in [0.15, 0.2) is 53.9 Å². The summed E-state index contributed by atoms with van der Waals surface area (Å²) in [5.74, 6) is 0.477. The molecule has 8 heteroatoms. The lowest BCUT2D eigenvalue weighted by atomic mass is 9.84. The molecule has 2 aromatic carbocycles. The largest absolute Gasteiger partial charge is 0.487 e. The van der Waals surface area contributed by atoms with Crippen LogP contribution in [0.3, 0.4) is 0 Å². The SMILES string of the molecule is Cc1[nH]nc2c1[C@@H](c1ccc(OCc3ccccc3Cl)c(Cl)c1)C(C#N)=C(N)O2. The number of H-pyrrole nitrogens is 1. The maximum absolute atomic E-state index is 9.64. The highest BCUT2D eigenvalue weighted by Crippen LogP contribution is 2.44. The first-order chi connectivity index (χ1) is 14.0. The second-order valence-electron chi connectivity index (χ2n) is 6.56. The molecule has 3 N–H and O–H groups in total. The number of ether oxygens (including phenoxy) is 2. The van der Waals surface area contributed by atoms with E-state index in [2.05, 4.69) is 16.3 Å². The van der Waals surface area contributed by atoms with Crippen molar-refractivity contribution < 1.29 is 9.47 Å². The highest BCUT2D eigenvalue weighted by atomic mass is 35.5. The van der Waals surface area contributed by atoms with Crippen molar-refractivity contribution in [1.29, 1.82) is 5.26 Å². The van der Waals surface area contributed by atoms with Crippen LogP contribution in [0.2, 0.25) is 10.0 Å². The number of nitrogens with two attached hydrogens (primary N) is 1. The van der Waals surface area contributed by atoms with E-state index in [-0.39, 0.29) is 12.5 Å². The van der Waals surface area contributed by atoms with Crippen molar-refractivity contribution in [1.82, 2.24) is 10.2 Å². The molecule has 1 atom stereocenters. The van der Waals surface area contributed by atoms with E-state index in [1.54, 1.807) is 18.2 Å². The predicted octanol–water partition coefficient (Wildman–Crippen LogP) is 4.82. The minimum atomic E-state index is -0.433. The van der Waals surface area contributed by atoms with Gasteiger partial charge in [0.25, 0.3) is 0 Å². The van der Waals surface area contributed by atoms with Gasteiger partial charge in [0, 0.05) is 21.8 Å². The first kappa shape index (κ1) is 19.2. The second-order valence-corrected chi connectivity index (χ2v) is 7.38. The third kappa shape index (κ3) is 3.51. The number of nitriles is 1. The van der Waals surface area contributed by atoms with Crippen LogP contribution in [0.4, 0.5) is 0 Å². The molecule has 0 bridgehead atoms. The highest BCUT2D eigenvalue weighted by molar-refractivity contribution is 6.32. The Balaban J connectivity index is 1.66. The summed E-state index contributed by atoms with van der Waals surface area (Å²) in [6.07, 6.45) is 0. The van der Waals surface area contributed by atoms with E-state index >= 15 is 0 Å². The standard InChI is InChI=1S/C21H16Cl2N4O2/c1-11-18-19(14(9-24)20(25)29-21(18)27-26-11)12-6-7-17(16(23)8-12)28-10-13-4-2-3-5-15(13)22/h2-8,19H,10,25H2,1H3,(H,26,27)/t19-/m0/s1. The fraction of sp³-hybridized carbons (Fsp3) is 0.143. The highest BCUT2D eigenvalue weighted by Gasteiger charge is 2.34. The van der Waals surface area contributed by atoms with Gasteiger partial charge in [-0.3, -0.25) is 5.10 Å². The molecule has 3 aromatic rings. The molecule has 6 nitrogen and oxygen atoms in total. The molecule has 0 aliphatic carbocycles. The van der Waals surface area contributed by atoms with Crippen molar-refractivity contribution in [2.24, 2.45) is 5.73 Å². The first-order valence-corrected chi connectivity index (χ1v) is 9.53. The molecule has 0 amide bonds. The Morgan fingerprint density at radius 1 is 1.24 bits per heavy atom. The average molecular weight is 427 g/mol. The summed E-state index contributed by atoms with van der Waals surface area (Å²) < 4.78 is 11.3. The monoisotopic (exact) mass is 426 g/mol. The van der Waals surface area contributed by atoms with Gasteiger partial charge >= 0.3 is 0 Å². The molecular weight excluding hydrogens is 411 g/mol. The van der Waals surface area contributed by atoms with Crippen molar-refractivity contribution in [3.63, 3.8) is 0 Å². The minimum absolute atomic E-state index is 0.0340. The van der Waals surface area contributed by atoms with Crippen molar-refractivity contribution in [3.05, 3.63) is 86.4 Å². The molecular formula is C21H16Cl2N4O2. The van der Waals surface area contributed by atoms with Crippen LogP contribution in [-0.2, 0) is 6.61 Å². The number of nitrogens with zero attached hydrogens (tertiary/aromatic N) is 2. The Hall–Kier alpha value is -3.14. The maximum atomic E-state index is 9.64. The zero-order chi connectivity index (χ0) is 20.5. The van der Waals surface area contributed by atoms with E-state index in [1.165, 1.54) is 0 Å². The van der Waals surface area contributed by atoms with Crippen LogP contribution in [0.1, 0.15) is 28.3 Å². The average Bonchev–Trinajstić information content (AvgIpc) is 3.07. The molecule has 1 aromatic heterocycles. The van der Waals surface area contributed by atoms with Gasteiger partial charge in [0.15, 0.2) is 0 Å². The number of halogens is 2. The number of nitrogens with one attached hydrogen (secondary N) is 1. The van der Waals surface area contributed by atoms with E-state index in [4.69, 9.17) is 38.4 Å². The third-order valence-electron chi connectivity index (χ3n) is 4.76. The van der Waals surface area contributed by atoms with Crippen molar-refractivity contribution in [2.75, 3.05) is 0 Å².